The van der Waals surface area contributed by atoms with Crippen LogP contribution in [0.15, 0.2) is 35.4 Å². The maximum atomic E-state index is 12.5. The average Bonchev–Trinajstić information content (AvgIpc) is 3.47. The predicted octanol–water partition coefficient (Wildman–Crippen LogP) is 1.57. The third-order valence-corrected chi connectivity index (χ3v) is 4.19. The van der Waals surface area contributed by atoms with Gasteiger partial charge in [0.05, 0.1) is 26.2 Å². The van der Waals surface area contributed by atoms with E-state index in [1.807, 2.05) is 0 Å². The molecule has 1 heterocycles. The minimum atomic E-state index is -0.315. The van der Waals surface area contributed by atoms with Crippen molar-refractivity contribution >= 4 is 5.91 Å². The fourth-order valence-corrected chi connectivity index (χ4v) is 2.66. The standard InChI is InChI=1S/C18H21N3O4/c1-24-14-4-3-5-15(25-2)17(14)18(23)19-8-9-21-11-20-13(10-16(21)22)12-6-7-12/h3-5,10-12H,6-9H2,1-2H3,(H,19,23). The number of methoxy groups -OCH3 is 2. The predicted molar refractivity (Wildman–Crippen MR) is 92.4 cm³/mol. The van der Waals surface area contributed by atoms with Crippen LogP contribution in [0.2, 0.25) is 0 Å². The first-order valence-corrected chi connectivity index (χ1v) is 8.19. The molecule has 1 aromatic heterocycles. The van der Waals surface area contributed by atoms with E-state index in [9.17, 15) is 9.59 Å². The second-order valence-electron chi connectivity index (χ2n) is 5.91. The highest BCUT2D eigenvalue weighted by Gasteiger charge is 2.25. The molecule has 25 heavy (non-hydrogen) atoms. The Kier molecular flexibility index (Phi) is 5.02. The molecule has 7 nitrogen and oxygen atoms in total. The van der Waals surface area contributed by atoms with Gasteiger partial charge >= 0.3 is 0 Å². The summed E-state index contributed by atoms with van der Waals surface area (Å²) < 4.78 is 11.9. The number of rotatable bonds is 7. The quantitative estimate of drug-likeness (QED) is 0.825. The van der Waals surface area contributed by atoms with Crippen LogP contribution in [0.3, 0.4) is 0 Å². The Morgan fingerprint density at radius 3 is 2.52 bits per heavy atom. The van der Waals surface area contributed by atoms with E-state index >= 15 is 0 Å². The molecule has 0 spiro atoms. The summed E-state index contributed by atoms with van der Waals surface area (Å²) in [5, 5.41) is 2.79. The summed E-state index contributed by atoms with van der Waals surface area (Å²) in [6.07, 6.45) is 3.76. The molecule has 7 heteroatoms. The normalized spacial score (nSPS) is 13.4. The molecule has 0 radical (unpaired) electrons. The summed E-state index contributed by atoms with van der Waals surface area (Å²) in [6.45, 7) is 0.643. The summed E-state index contributed by atoms with van der Waals surface area (Å²) >= 11 is 0. The van der Waals surface area contributed by atoms with E-state index in [0.29, 0.717) is 36.1 Å². The molecule has 1 aromatic carbocycles. The van der Waals surface area contributed by atoms with Gasteiger partial charge in [-0.2, -0.15) is 0 Å². The lowest BCUT2D eigenvalue weighted by Crippen LogP contribution is -2.31. The van der Waals surface area contributed by atoms with Gasteiger partial charge in [-0.1, -0.05) is 6.07 Å². The number of ether oxygens (including phenoxy) is 2. The second kappa shape index (κ2) is 7.38. The number of amides is 1. The first kappa shape index (κ1) is 17.0. The second-order valence-corrected chi connectivity index (χ2v) is 5.91. The fourth-order valence-electron chi connectivity index (χ4n) is 2.66. The topological polar surface area (TPSA) is 82.4 Å². The maximum absolute atomic E-state index is 12.5. The van der Waals surface area contributed by atoms with Crippen molar-refractivity contribution in [1.29, 1.82) is 0 Å². The van der Waals surface area contributed by atoms with Crippen molar-refractivity contribution in [2.24, 2.45) is 0 Å². The molecular formula is C18H21N3O4. The van der Waals surface area contributed by atoms with Crippen molar-refractivity contribution < 1.29 is 14.3 Å². The van der Waals surface area contributed by atoms with Gasteiger partial charge in [0.25, 0.3) is 11.5 Å². The highest BCUT2D eigenvalue weighted by atomic mass is 16.5. The Balaban J connectivity index is 1.64. The molecular weight excluding hydrogens is 322 g/mol. The van der Waals surface area contributed by atoms with Crippen molar-refractivity contribution in [3.8, 4) is 11.5 Å². The first-order chi connectivity index (χ1) is 12.1. The highest BCUT2D eigenvalue weighted by Crippen LogP contribution is 2.38. The Bertz CT molecular complexity index is 805. The van der Waals surface area contributed by atoms with E-state index < -0.39 is 0 Å². The van der Waals surface area contributed by atoms with Crippen LogP contribution in [0.25, 0.3) is 0 Å². The van der Waals surface area contributed by atoms with Crippen molar-refractivity contribution in [2.45, 2.75) is 25.3 Å². The van der Waals surface area contributed by atoms with Crippen LogP contribution in [0.5, 0.6) is 11.5 Å². The molecule has 0 unspecified atom stereocenters. The largest absolute Gasteiger partial charge is 0.496 e. The van der Waals surface area contributed by atoms with Gasteiger partial charge in [-0.3, -0.25) is 14.2 Å². The Morgan fingerprint density at radius 1 is 1.28 bits per heavy atom. The molecule has 1 N–H and O–H groups in total. The molecule has 3 rings (SSSR count). The summed E-state index contributed by atoms with van der Waals surface area (Å²) in [6, 6.07) is 6.73. The number of carbonyl (C=O) groups excluding carboxylic acids is 1. The van der Waals surface area contributed by atoms with E-state index in [4.69, 9.17) is 9.47 Å². The smallest absolute Gasteiger partial charge is 0.258 e. The first-order valence-electron chi connectivity index (χ1n) is 8.19. The zero-order chi connectivity index (χ0) is 17.8. The molecule has 1 saturated carbocycles. The van der Waals surface area contributed by atoms with Gasteiger partial charge in [-0.15, -0.1) is 0 Å². The van der Waals surface area contributed by atoms with E-state index in [1.54, 1.807) is 30.6 Å². The Morgan fingerprint density at radius 2 is 1.96 bits per heavy atom. The maximum Gasteiger partial charge on any atom is 0.258 e. The molecule has 0 aliphatic heterocycles. The minimum Gasteiger partial charge on any atom is -0.496 e. The minimum absolute atomic E-state index is 0.0963. The van der Waals surface area contributed by atoms with Gasteiger partial charge in [0, 0.05) is 25.1 Å². The Labute approximate surface area is 145 Å². The van der Waals surface area contributed by atoms with Crippen molar-refractivity contribution in [2.75, 3.05) is 20.8 Å². The summed E-state index contributed by atoms with van der Waals surface area (Å²) in [4.78, 5) is 28.9. The number of hydrogen-bond donors (Lipinski definition) is 1. The van der Waals surface area contributed by atoms with Crippen molar-refractivity contribution in [3.05, 3.63) is 52.2 Å². The number of carbonyl (C=O) groups is 1. The Hall–Kier alpha value is -2.83. The summed E-state index contributed by atoms with van der Waals surface area (Å²) in [5.74, 6) is 0.999. The highest BCUT2D eigenvalue weighted by molar-refractivity contribution is 5.99. The third-order valence-electron chi connectivity index (χ3n) is 4.19. The monoisotopic (exact) mass is 343 g/mol. The van der Waals surface area contributed by atoms with Crippen LogP contribution in [0, 0.1) is 0 Å². The molecule has 0 atom stereocenters. The third kappa shape index (κ3) is 3.81. The van der Waals surface area contributed by atoms with Crippen molar-refractivity contribution in [3.63, 3.8) is 0 Å². The van der Waals surface area contributed by atoms with E-state index in [1.165, 1.54) is 18.8 Å². The summed E-state index contributed by atoms with van der Waals surface area (Å²) in [5.41, 5.74) is 1.10. The van der Waals surface area contributed by atoms with Gasteiger partial charge in [0.2, 0.25) is 0 Å². The SMILES string of the molecule is COc1cccc(OC)c1C(=O)NCCn1cnc(C2CC2)cc1=O. The van der Waals surface area contributed by atoms with Gasteiger partial charge < -0.3 is 14.8 Å². The van der Waals surface area contributed by atoms with Crippen LogP contribution in [-0.2, 0) is 6.54 Å². The molecule has 0 saturated heterocycles. The average molecular weight is 343 g/mol. The molecule has 1 aliphatic rings. The van der Waals surface area contributed by atoms with Crippen LogP contribution in [0.1, 0.15) is 34.8 Å². The summed E-state index contributed by atoms with van der Waals surface area (Å²) in [7, 11) is 3.00. The lowest BCUT2D eigenvalue weighted by Gasteiger charge is -2.13. The number of benzene rings is 1. The molecule has 2 aromatic rings. The lowest BCUT2D eigenvalue weighted by atomic mass is 10.1. The fraction of sp³-hybridized carbons (Fsp3) is 0.389. The number of hydrogen-bond acceptors (Lipinski definition) is 5. The molecule has 1 aliphatic carbocycles. The zero-order valence-corrected chi connectivity index (χ0v) is 14.3. The van der Waals surface area contributed by atoms with E-state index in [0.717, 1.165) is 18.5 Å². The van der Waals surface area contributed by atoms with Gasteiger partial charge in [0.1, 0.15) is 17.1 Å². The lowest BCUT2D eigenvalue weighted by molar-refractivity contribution is 0.0946. The molecule has 132 valence electrons. The van der Waals surface area contributed by atoms with Crippen LogP contribution >= 0.6 is 0 Å². The number of aromatic nitrogens is 2. The molecule has 1 fully saturated rings. The van der Waals surface area contributed by atoms with Gasteiger partial charge in [-0.05, 0) is 25.0 Å². The molecule has 1 amide bonds. The van der Waals surface area contributed by atoms with Crippen LogP contribution in [-0.4, -0.2) is 36.2 Å². The van der Waals surface area contributed by atoms with Crippen LogP contribution in [0.4, 0.5) is 0 Å². The van der Waals surface area contributed by atoms with E-state index in [2.05, 4.69) is 10.3 Å². The molecule has 0 bridgehead atoms. The number of nitrogens with zero attached hydrogens (tertiary/aromatic N) is 2. The van der Waals surface area contributed by atoms with Gasteiger partial charge in [-0.25, -0.2) is 4.98 Å². The van der Waals surface area contributed by atoms with Crippen LogP contribution < -0.4 is 20.3 Å². The van der Waals surface area contributed by atoms with Gasteiger partial charge in [0.15, 0.2) is 0 Å². The van der Waals surface area contributed by atoms with Crippen molar-refractivity contribution in [1.82, 2.24) is 14.9 Å². The number of nitrogens with one attached hydrogen (secondary N) is 1. The zero-order valence-electron chi connectivity index (χ0n) is 14.3. The van der Waals surface area contributed by atoms with E-state index in [-0.39, 0.29) is 11.5 Å².